The molecule has 0 amide bonds. The normalized spacial score (nSPS) is 20.2. The molecular formula is C23H30BClN2O3. The number of unbranched alkanes of at least 4 members (excludes halogenated alkanes) is 1. The van der Waals surface area contributed by atoms with E-state index in [0.29, 0.717) is 17.5 Å². The third-order valence-corrected chi connectivity index (χ3v) is 6.28. The van der Waals surface area contributed by atoms with Crippen LogP contribution in [0.15, 0.2) is 48.5 Å². The number of aliphatic carboxylic acids is 1. The molecule has 0 aliphatic heterocycles. The number of nitrogens with one attached hydrogen (secondary N) is 1. The highest BCUT2D eigenvalue weighted by atomic mass is 35.5. The molecule has 0 saturated heterocycles. The Kier molecular flexibility index (Phi) is 7.81. The Balaban J connectivity index is 1.44. The van der Waals surface area contributed by atoms with Crippen LogP contribution in [0.25, 0.3) is 0 Å². The second-order valence-electron chi connectivity index (χ2n) is 8.25. The summed E-state index contributed by atoms with van der Waals surface area (Å²) in [7, 11) is 2.11. The number of rotatable bonds is 11. The van der Waals surface area contributed by atoms with Crippen LogP contribution in [0.5, 0.6) is 11.5 Å². The van der Waals surface area contributed by atoms with Gasteiger partial charge in [0, 0.05) is 17.6 Å². The topological polar surface area (TPSA) is 84.6 Å². The Morgan fingerprint density at radius 1 is 1.13 bits per heavy atom. The van der Waals surface area contributed by atoms with Crippen molar-refractivity contribution in [3.05, 3.63) is 59.1 Å². The van der Waals surface area contributed by atoms with Crippen molar-refractivity contribution in [2.45, 2.75) is 56.5 Å². The van der Waals surface area contributed by atoms with Crippen LogP contribution in [0.4, 0.5) is 0 Å². The Bertz CT molecular complexity index is 825. The van der Waals surface area contributed by atoms with Crippen molar-refractivity contribution >= 4 is 25.4 Å². The van der Waals surface area contributed by atoms with Crippen LogP contribution in [0.1, 0.15) is 37.7 Å². The highest BCUT2D eigenvalue weighted by molar-refractivity contribution is 6.30. The molecule has 0 radical (unpaired) electrons. The second-order valence-corrected chi connectivity index (χ2v) is 8.69. The predicted molar refractivity (Wildman–Crippen MR) is 123 cm³/mol. The van der Waals surface area contributed by atoms with E-state index in [1.165, 1.54) is 0 Å². The first kappa shape index (κ1) is 22.7. The quantitative estimate of drug-likeness (QED) is 0.372. The Labute approximate surface area is 184 Å². The van der Waals surface area contributed by atoms with E-state index >= 15 is 0 Å². The molecule has 0 bridgehead atoms. The molecule has 1 fully saturated rings. The third kappa shape index (κ3) is 5.78. The van der Waals surface area contributed by atoms with Gasteiger partial charge in [0.25, 0.3) is 0 Å². The van der Waals surface area contributed by atoms with Crippen LogP contribution in [0.2, 0.25) is 11.3 Å². The average molecular weight is 429 g/mol. The van der Waals surface area contributed by atoms with E-state index in [4.69, 9.17) is 22.1 Å². The fourth-order valence-electron chi connectivity index (χ4n) is 3.93. The van der Waals surface area contributed by atoms with Crippen molar-refractivity contribution in [3.8, 4) is 11.5 Å². The summed E-state index contributed by atoms with van der Waals surface area (Å²) >= 11 is 5.89. The summed E-state index contributed by atoms with van der Waals surface area (Å²) < 4.78 is 5.81. The molecule has 0 heterocycles. The largest absolute Gasteiger partial charge is 0.480 e. The van der Waals surface area contributed by atoms with Gasteiger partial charge in [-0.25, -0.2) is 0 Å². The molecule has 4 N–H and O–H groups in total. The fourth-order valence-corrected chi connectivity index (χ4v) is 4.06. The standard InChI is InChI=1S/C23H30BClN2O3/c24-12-2-1-11-23(26,22(28)29)17-13-19(14-17)27-15-16-3-7-20(8-4-16)30-21-9-5-18(25)6-10-21/h3-10,17,19,27H,1-2,11-15,24,26H2,(H,28,29)/t17-,19+,23?. The molecule has 2 aromatic rings. The molecule has 1 unspecified atom stereocenters. The number of carboxylic acids is 1. The summed E-state index contributed by atoms with van der Waals surface area (Å²) in [6.07, 6.45) is 5.15. The number of carbonyl (C=O) groups is 1. The zero-order valence-electron chi connectivity index (χ0n) is 17.4. The summed E-state index contributed by atoms with van der Waals surface area (Å²) in [6.45, 7) is 0.735. The Morgan fingerprint density at radius 2 is 1.73 bits per heavy atom. The number of nitrogens with two attached hydrogens (primary N) is 1. The number of halogens is 1. The van der Waals surface area contributed by atoms with Gasteiger partial charge in [-0.2, -0.15) is 0 Å². The molecule has 0 aromatic heterocycles. The van der Waals surface area contributed by atoms with Gasteiger partial charge in [-0.05, 0) is 67.1 Å². The molecule has 5 nitrogen and oxygen atoms in total. The summed E-state index contributed by atoms with van der Waals surface area (Å²) in [6, 6.07) is 15.5. The maximum absolute atomic E-state index is 11.8. The van der Waals surface area contributed by atoms with Crippen molar-refractivity contribution in [3.63, 3.8) is 0 Å². The molecule has 1 atom stereocenters. The van der Waals surface area contributed by atoms with Crippen LogP contribution in [0, 0.1) is 5.92 Å². The summed E-state index contributed by atoms with van der Waals surface area (Å²) in [5.41, 5.74) is 6.36. The molecular weight excluding hydrogens is 399 g/mol. The summed E-state index contributed by atoms with van der Waals surface area (Å²) in [5.74, 6) is 0.692. The van der Waals surface area contributed by atoms with E-state index in [1.807, 2.05) is 36.4 Å². The van der Waals surface area contributed by atoms with Gasteiger partial charge in [-0.15, -0.1) is 0 Å². The number of benzene rings is 2. The maximum Gasteiger partial charge on any atom is 0.323 e. The van der Waals surface area contributed by atoms with E-state index in [-0.39, 0.29) is 5.92 Å². The first-order valence-corrected chi connectivity index (χ1v) is 11.1. The number of carboxylic acid groups (broad SMARTS) is 1. The second kappa shape index (κ2) is 10.3. The van der Waals surface area contributed by atoms with Crippen molar-refractivity contribution < 1.29 is 14.6 Å². The minimum absolute atomic E-state index is 0.0412. The van der Waals surface area contributed by atoms with Gasteiger partial charge in [-0.3, -0.25) is 4.79 Å². The van der Waals surface area contributed by atoms with Gasteiger partial charge in [0.05, 0.1) is 0 Å². The van der Waals surface area contributed by atoms with Crippen molar-refractivity contribution in [2.24, 2.45) is 11.7 Å². The molecule has 1 aliphatic carbocycles. The van der Waals surface area contributed by atoms with Crippen molar-refractivity contribution in [2.75, 3.05) is 0 Å². The van der Waals surface area contributed by atoms with Gasteiger partial charge in [-0.1, -0.05) is 42.9 Å². The predicted octanol–water partition coefficient (Wildman–Crippen LogP) is 4.00. The van der Waals surface area contributed by atoms with Crippen LogP contribution in [-0.2, 0) is 11.3 Å². The Morgan fingerprint density at radius 3 is 2.30 bits per heavy atom. The lowest BCUT2D eigenvalue weighted by Crippen LogP contribution is -2.60. The first-order valence-electron chi connectivity index (χ1n) is 10.7. The monoisotopic (exact) mass is 428 g/mol. The van der Waals surface area contributed by atoms with Crippen molar-refractivity contribution in [1.29, 1.82) is 0 Å². The lowest BCUT2D eigenvalue weighted by Gasteiger charge is -2.45. The minimum Gasteiger partial charge on any atom is -0.480 e. The SMILES string of the molecule is BCCCCC(N)(C(=O)O)[C@H]1C[C@@H](NCc2ccc(Oc3ccc(Cl)cc3)cc2)C1. The fraction of sp³-hybridized carbons (Fsp3) is 0.435. The molecule has 1 saturated carbocycles. The lowest BCUT2D eigenvalue weighted by atomic mass is 9.66. The van der Waals surface area contributed by atoms with Gasteiger partial charge in [0.15, 0.2) is 0 Å². The first-order chi connectivity index (χ1) is 14.4. The number of ether oxygens (including phenoxy) is 1. The van der Waals surface area contributed by atoms with E-state index in [0.717, 1.165) is 55.6 Å². The molecule has 30 heavy (non-hydrogen) atoms. The Hall–Kier alpha value is -2.02. The van der Waals surface area contributed by atoms with E-state index in [1.54, 1.807) is 12.1 Å². The van der Waals surface area contributed by atoms with Crippen LogP contribution < -0.4 is 15.8 Å². The lowest BCUT2D eigenvalue weighted by molar-refractivity contribution is -0.148. The molecule has 0 spiro atoms. The van der Waals surface area contributed by atoms with Gasteiger partial charge < -0.3 is 20.9 Å². The number of hydrogen-bond acceptors (Lipinski definition) is 4. The van der Waals surface area contributed by atoms with E-state index in [9.17, 15) is 9.90 Å². The van der Waals surface area contributed by atoms with E-state index in [2.05, 4.69) is 13.2 Å². The third-order valence-electron chi connectivity index (χ3n) is 6.03. The highest BCUT2D eigenvalue weighted by Crippen LogP contribution is 2.38. The molecule has 3 rings (SSSR count). The smallest absolute Gasteiger partial charge is 0.323 e. The van der Waals surface area contributed by atoms with Crippen LogP contribution >= 0.6 is 11.6 Å². The zero-order valence-corrected chi connectivity index (χ0v) is 18.2. The molecule has 2 aromatic carbocycles. The van der Waals surface area contributed by atoms with Gasteiger partial charge in [0.2, 0.25) is 0 Å². The summed E-state index contributed by atoms with van der Waals surface area (Å²) in [5, 5.41) is 13.8. The van der Waals surface area contributed by atoms with Crippen LogP contribution in [-0.4, -0.2) is 30.5 Å². The number of hydrogen-bond donors (Lipinski definition) is 3. The van der Waals surface area contributed by atoms with Crippen molar-refractivity contribution in [1.82, 2.24) is 5.32 Å². The van der Waals surface area contributed by atoms with Gasteiger partial charge >= 0.3 is 5.97 Å². The molecule has 160 valence electrons. The minimum atomic E-state index is -1.09. The van der Waals surface area contributed by atoms with Crippen LogP contribution in [0.3, 0.4) is 0 Å². The highest BCUT2D eigenvalue weighted by Gasteiger charge is 2.47. The summed E-state index contributed by atoms with van der Waals surface area (Å²) in [4.78, 5) is 11.8. The van der Waals surface area contributed by atoms with E-state index < -0.39 is 11.5 Å². The molecule has 1 aliphatic rings. The van der Waals surface area contributed by atoms with Gasteiger partial charge in [0.1, 0.15) is 24.9 Å². The zero-order chi connectivity index (χ0) is 21.6. The maximum atomic E-state index is 11.8. The average Bonchev–Trinajstić information content (AvgIpc) is 2.70. The molecule has 7 heteroatoms.